The quantitative estimate of drug-likeness (QED) is 0.0346. The van der Waals surface area contributed by atoms with Crippen molar-refractivity contribution in [3.05, 3.63) is 85.1 Å². The first-order valence-electron chi connectivity index (χ1n) is 26.1. The molecule has 5 heteroatoms. The van der Waals surface area contributed by atoms with Crippen LogP contribution >= 0.6 is 0 Å². The molecule has 0 rings (SSSR count). The van der Waals surface area contributed by atoms with Crippen molar-refractivity contribution in [1.82, 2.24) is 0 Å². The maximum absolute atomic E-state index is 12.8. The zero-order chi connectivity index (χ0) is 44.9. The summed E-state index contributed by atoms with van der Waals surface area (Å²) < 4.78 is 17.4. The predicted molar refractivity (Wildman–Crippen MR) is 270 cm³/mol. The smallest absolute Gasteiger partial charge is 0.306 e. The van der Waals surface area contributed by atoms with Gasteiger partial charge in [-0.2, -0.15) is 0 Å². The Bertz CT molecular complexity index is 1160. The van der Waals surface area contributed by atoms with Crippen LogP contribution < -0.4 is 0 Å². The molecule has 0 radical (unpaired) electrons. The minimum Gasteiger partial charge on any atom is -0.462 e. The van der Waals surface area contributed by atoms with E-state index in [9.17, 15) is 9.59 Å². The van der Waals surface area contributed by atoms with Crippen LogP contribution in [0.5, 0.6) is 0 Å². The lowest BCUT2D eigenvalue weighted by atomic mass is 10.0. The van der Waals surface area contributed by atoms with Crippen molar-refractivity contribution < 1.29 is 23.8 Å². The first-order chi connectivity index (χ1) is 30.6. The Kier molecular flexibility index (Phi) is 50.0. The highest BCUT2D eigenvalue weighted by Crippen LogP contribution is 2.14. The molecule has 0 aliphatic heterocycles. The highest BCUT2D eigenvalue weighted by atomic mass is 16.6. The highest BCUT2D eigenvalue weighted by molar-refractivity contribution is 5.70. The number of ether oxygens (including phenoxy) is 3. The van der Waals surface area contributed by atoms with Crippen molar-refractivity contribution in [3.63, 3.8) is 0 Å². The number of hydrogen-bond acceptors (Lipinski definition) is 5. The van der Waals surface area contributed by atoms with E-state index in [0.717, 1.165) is 89.9 Å². The fourth-order valence-corrected chi connectivity index (χ4v) is 7.05. The van der Waals surface area contributed by atoms with E-state index in [-0.39, 0.29) is 25.2 Å². The first kappa shape index (κ1) is 59.1. The minimum absolute atomic E-state index is 0.0488. The van der Waals surface area contributed by atoms with Gasteiger partial charge in [-0.05, 0) is 89.9 Å². The van der Waals surface area contributed by atoms with E-state index in [0.29, 0.717) is 19.4 Å². The Morgan fingerprint density at radius 3 is 1.24 bits per heavy atom. The van der Waals surface area contributed by atoms with Crippen LogP contribution in [-0.2, 0) is 23.8 Å². The summed E-state index contributed by atoms with van der Waals surface area (Å²) in [6, 6.07) is 0. The molecule has 0 aliphatic carbocycles. The number of esters is 2. The van der Waals surface area contributed by atoms with E-state index in [4.69, 9.17) is 14.2 Å². The Balaban J connectivity index is 4.38. The van der Waals surface area contributed by atoms with Crippen LogP contribution in [0.25, 0.3) is 0 Å². The normalized spacial score (nSPS) is 12.9. The third-order valence-electron chi connectivity index (χ3n) is 10.9. The van der Waals surface area contributed by atoms with Gasteiger partial charge in [0.2, 0.25) is 0 Å². The first-order valence-corrected chi connectivity index (χ1v) is 26.1. The molecular weight excluding hydrogens is 765 g/mol. The molecule has 0 aromatic heterocycles. The summed E-state index contributed by atoms with van der Waals surface area (Å²) in [5.41, 5.74) is 0. The van der Waals surface area contributed by atoms with Gasteiger partial charge in [-0.1, -0.05) is 221 Å². The molecule has 0 aliphatic rings. The topological polar surface area (TPSA) is 61.8 Å². The fourth-order valence-electron chi connectivity index (χ4n) is 7.05. The number of carbonyl (C=O) groups excluding carboxylic acids is 2. The van der Waals surface area contributed by atoms with Crippen molar-refractivity contribution in [2.45, 2.75) is 245 Å². The number of hydrogen-bond donors (Lipinski definition) is 0. The van der Waals surface area contributed by atoms with Gasteiger partial charge < -0.3 is 14.2 Å². The van der Waals surface area contributed by atoms with Gasteiger partial charge in [0.25, 0.3) is 0 Å². The third-order valence-corrected chi connectivity index (χ3v) is 10.9. The molecule has 0 amide bonds. The molecule has 0 spiro atoms. The van der Waals surface area contributed by atoms with Gasteiger partial charge in [0, 0.05) is 19.4 Å². The fraction of sp³-hybridized carbons (Fsp3) is 0.719. The molecular formula is C57H98O5. The van der Waals surface area contributed by atoms with Crippen LogP contribution in [0.1, 0.15) is 239 Å². The van der Waals surface area contributed by atoms with Gasteiger partial charge >= 0.3 is 11.9 Å². The van der Waals surface area contributed by atoms with Crippen LogP contribution in [0.15, 0.2) is 85.1 Å². The second-order valence-electron chi connectivity index (χ2n) is 17.0. The Hall–Kier alpha value is -2.92. The Labute approximate surface area is 384 Å². The summed E-state index contributed by atoms with van der Waals surface area (Å²) in [5, 5.41) is 0. The summed E-state index contributed by atoms with van der Waals surface area (Å²) in [6.07, 6.45) is 68.8. The lowest BCUT2D eigenvalue weighted by molar-refractivity contribution is -0.163. The van der Waals surface area contributed by atoms with Crippen LogP contribution in [0.4, 0.5) is 0 Å². The SMILES string of the molecule is CC/C=C\C/C=C\C/C=C\C/C=C\C/C=C\CCCC(=O)OCC(COCCCCCCCCCCCCCCCC)OC(=O)CCCCCCC/C=C\C/C=C\CCCCC. The van der Waals surface area contributed by atoms with Crippen LogP contribution in [0.2, 0.25) is 0 Å². The van der Waals surface area contributed by atoms with Crippen molar-refractivity contribution in [2.75, 3.05) is 19.8 Å². The summed E-state index contributed by atoms with van der Waals surface area (Å²) in [5.74, 6) is -0.477. The summed E-state index contributed by atoms with van der Waals surface area (Å²) in [6.45, 7) is 7.63. The van der Waals surface area contributed by atoms with E-state index in [2.05, 4.69) is 106 Å². The molecule has 0 N–H and O–H groups in total. The average molecular weight is 863 g/mol. The molecule has 5 nitrogen and oxygen atoms in total. The molecule has 356 valence electrons. The standard InChI is InChI=1S/C57H98O5/c1-4-7-10-13-16-19-22-25-28-29-31-32-35-38-41-44-47-50-56(58)61-54-55(53-60-52-49-46-43-40-37-34-27-24-21-18-15-12-9-6-3)62-57(59)51-48-45-42-39-36-33-30-26-23-20-17-14-11-8-5-2/h7,10,16-17,19-20,25-26,28,30-32,38,41,55H,4-6,8-9,11-15,18,21-24,27,29,33-37,39-40,42-54H2,1-3H3/b10-7-,19-16-,20-17-,28-25-,30-26-,32-31-,41-38-. The lowest BCUT2D eigenvalue weighted by Gasteiger charge is -2.18. The molecule has 0 aromatic rings. The third kappa shape index (κ3) is 49.7. The summed E-state index contributed by atoms with van der Waals surface area (Å²) in [7, 11) is 0. The van der Waals surface area contributed by atoms with Crippen LogP contribution in [-0.4, -0.2) is 37.9 Å². The zero-order valence-electron chi connectivity index (χ0n) is 40.9. The summed E-state index contributed by atoms with van der Waals surface area (Å²) in [4.78, 5) is 25.4. The van der Waals surface area contributed by atoms with Gasteiger partial charge in [0.1, 0.15) is 6.61 Å². The van der Waals surface area contributed by atoms with Gasteiger partial charge in [0.15, 0.2) is 6.10 Å². The summed E-state index contributed by atoms with van der Waals surface area (Å²) >= 11 is 0. The highest BCUT2D eigenvalue weighted by Gasteiger charge is 2.17. The van der Waals surface area contributed by atoms with Gasteiger partial charge in [-0.15, -0.1) is 0 Å². The van der Waals surface area contributed by atoms with Crippen molar-refractivity contribution >= 4 is 11.9 Å². The number of rotatable bonds is 47. The van der Waals surface area contributed by atoms with Crippen LogP contribution in [0.3, 0.4) is 0 Å². The second-order valence-corrected chi connectivity index (χ2v) is 17.0. The van der Waals surface area contributed by atoms with E-state index in [1.54, 1.807) is 0 Å². The van der Waals surface area contributed by atoms with E-state index >= 15 is 0 Å². The van der Waals surface area contributed by atoms with Crippen LogP contribution in [0, 0.1) is 0 Å². The maximum Gasteiger partial charge on any atom is 0.306 e. The molecule has 0 saturated heterocycles. The zero-order valence-corrected chi connectivity index (χ0v) is 40.9. The molecule has 0 saturated carbocycles. The molecule has 1 unspecified atom stereocenters. The van der Waals surface area contributed by atoms with Crippen molar-refractivity contribution in [1.29, 1.82) is 0 Å². The number of unbranched alkanes of at least 4 members (excludes halogenated alkanes) is 22. The average Bonchev–Trinajstić information content (AvgIpc) is 3.27. The maximum atomic E-state index is 12.8. The van der Waals surface area contributed by atoms with Crippen molar-refractivity contribution in [2.24, 2.45) is 0 Å². The van der Waals surface area contributed by atoms with Gasteiger partial charge in [0.05, 0.1) is 6.61 Å². The predicted octanol–water partition coefficient (Wildman–Crippen LogP) is 17.7. The molecule has 0 aromatic carbocycles. The van der Waals surface area contributed by atoms with Crippen molar-refractivity contribution in [3.8, 4) is 0 Å². The molecule has 0 heterocycles. The molecule has 0 fully saturated rings. The largest absolute Gasteiger partial charge is 0.462 e. The van der Waals surface area contributed by atoms with E-state index in [1.807, 2.05) is 0 Å². The van der Waals surface area contributed by atoms with Gasteiger partial charge in [-0.3, -0.25) is 9.59 Å². The molecule has 0 bridgehead atoms. The number of carbonyl (C=O) groups is 2. The van der Waals surface area contributed by atoms with E-state index in [1.165, 1.54) is 116 Å². The van der Waals surface area contributed by atoms with Gasteiger partial charge in [-0.25, -0.2) is 0 Å². The minimum atomic E-state index is -0.568. The van der Waals surface area contributed by atoms with E-state index < -0.39 is 6.10 Å². The monoisotopic (exact) mass is 863 g/mol. The molecule has 62 heavy (non-hydrogen) atoms. The second kappa shape index (κ2) is 52.4. The number of allylic oxidation sites excluding steroid dienone is 14. The molecule has 1 atom stereocenters. The Morgan fingerprint density at radius 2 is 0.742 bits per heavy atom. The lowest BCUT2D eigenvalue weighted by Crippen LogP contribution is -2.30. The Morgan fingerprint density at radius 1 is 0.371 bits per heavy atom.